The van der Waals surface area contributed by atoms with Gasteiger partial charge in [0, 0.05) is 17.3 Å². The second-order valence-corrected chi connectivity index (χ2v) is 9.36. The second-order valence-electron chi connectivity index (χ2n) is 7.76. The van der Waals surface area contributed by atoms with Crippen molar-refractivity contribution in [2.75, 3.05) is 5.32 Å². The van der Waals surface area contributed by atoms with Gasteiger partial charge in [0.15, 0.2) is 10.7 Å². The molecule has 0 atom stereocenters. The Hall–Kier alpha value is -3.62. The smallest absolute Gasteiger partial charge is 0.250 e. The molecular formula is C27H16Cl3N3O3S. The fraction of sp³-hybridized carbons (Fsp3) is 0. The van der Waals surface area contributed by atoms with Gasteiger partial charge >= 0.3 is 0 Å². The van der Waals surface area contributed by atoms with Crippen LogP contribution in [-0.2, 0) is 4.79 Å². The molecule has 0 bridgehead atoms. The van der Waals surface area contributed by atoms with Gasteiger partial charge in [0.05, 0.1) is 20.6 Å². The lowest BCUT2D eigenvalue weighted by Gasteiger charge is -2.07. The summed E-state index contributed by atoms with van der Waals surface area (Å²) in [5, 5.41) is 7.05. The number of oxazole rings is 1. The van der Waals surface area contributed by atoms with E-state index in [0.29, 0.717) is 60.4 Å². The monoisotopic (exact) mass is 567 g/mol. The number of benzene rings is 3. The van der Waals surface area contributed by atoms with E-state index in [0.717, 1.165) is 0 Å². The highest BCUT2D eigenvalue weighted by atomic mass is 35.5. The number of carbonyl (C=O) groups is 1. The summed E-state index contributed by atoms with van der Waals surface area (Å²) in [4.78, 5) is 16.9. The molecule has 0 aliphatic rings. The van der Waals surface area contributed by atoms with Crippen LogP contribution in [0.1, 0.15) is 5.76 Å². The van der Waals surface area contributed by atoms with E-state index in [9.17, 15) is 4.79 Å². The van der Waals surface area contributed by atoms with Crippen molar-refractivity contribution >= 4 is 80.9 Å². The molecule has 2 aromatic heterocycles. The van der Waals surface area contributed by atoms with Crippen molar-refractivity contribution in [3.63, 3.8) is 0 Å². The summed E-state index contributed by atoms with van der Waals surface area (Å²) < 4.78 is 11.6. The van der Waals surface area contributed by atoms with Crippen molar-refractivity contribution in [2.45, 2.75) is 0 Å². The zero-order valence-electron chi connectivity index (χ0n) is 18.8. The standard InChI is InChI=1S/C27H16Cl3N3O3S/c28-19-6-2-1-4-17(19)26-32-21-14-15(8-11-23(21)36-26)31-27(37)33-24(34)13-10-16-9-12-22(35-16)18-5-3-7-20(29)25(18)30/h1-14H,(H2,31,33,34,37). The third-order valence-corrected chi connectivity index (χ3v) is 6.58. The van der Waals surface area contributed by atoms with E-state index in [4.69, 9.17) is 55.9 Å². The maximum atomic E-state index is 12.4. The summed E-state index contributed by atoms with van der Waals surface area (Å²) in [5.41, 5.74) is 3.20. The minimum Gasteiger partial charge on any atom is -0.457 e. The molecule has 0 radical (unpaired) electrons. The van der Waals surface area contributed by atoms with Crippen molar-refractivity contribution < 1.29 is 13.6 Å². The first kappa shape index (κ1) is 25.0. The number of rotatable bonds is 5. The Labute approximate surface area is 231 Å². The van der Waals surface area contributed by atoms with Crippen LogP contribution >= 0.6 is 47.0 Å². The molecule has 5 rings (SSSR count). The van der Waals surface area contributed by atoms with Crippen molar-refractivity contribution in [1.29, 1.82) is 0 Å². The van der Waals surface area contributed by atoms with Gasteiger partial charge < -0.3 is 14.2 Å². The molecule has 0 aliphatic carbocycles. The SMILES string of the molecule is O=C(C=Cc1ccc(-c2cccc(Cl)c2Cl)o1)NC(=S)Nc1ccc2oc(-c3ccccc3Cl)nc2c1. The van der Waals surface area contributed by atoms with E-state index >= 15 is 0 Å². The van der Waals surface area contributed by atoms with E-state index in [2.05, 4.69) is 15.6 Å². The minimum atomic E-state index is -0.431. The van der Waals surface area contributed by atoms with Gasteiger partial charge in [-0.2, -0.15) is 0 Å². The summed E-state index contributed by atoms with van der Waals surface area (Å²) in [5.74, 6) is 0.980. The van der Waals surface area contributed by atoms with Crippen LogP contribution in [0.5, 0.6) is 0 Å². The lowest BCUT2D eigenvalue weighted by Crippen LogP contribution is -2.32. The Bertz CT molecular complexity index is 1680. The van der Waals surface area contributed by atoms with Crippen LogP contribution in [0.4, 0.5) is 5.69 Å². The molecule has 10 heteroatoms. The normalized spacial score (nSPS) is 11.2. The Morgan fingerprint density at radius 3 is 2.51 bits per heavy atom. The Kier molecular flexibility index (Phi) is 7.30. The maximum Gasteiger partial charge on any atom is 0.250 e. The first-order valence-electron chi connectivity index (χ1n) is 10.9. The third-order valence-electron chi connectivity index (χ3n) is 5.23. The van der Waals surface area contributed by atoms with Gasteiger partial charge in [-0.05, 0) is 72.9 Å². The molecule has 0 spiro atoms. The third kappa shape index (κ3) is 5.70. The summed E-state index contributed by atoms with van der Waals surface area (Å²) >= 11 is 23.8. The van der Waals surface area contributed by atoms with Gasteiger partial charge in [-0.25, -0.2) is 4.98 Å². The quantitative estimate of drug-likeness (QED) is 0.164. The molecule has 0 aliphatic heterocycles. The van der Waals surface area contributed by atoms with Crippen molar-refractivity contribution in [1.82, 2.24) is 10.3 Å². The van der Waals surface area contributed by atoms with E-state index in [1.54, 1.807) is 54.6 Å². The molecule has 37 heavy (non-hydrogen) atoms. The molecule has 1 amide bonds. The van der Waals surface area contributed by atoms with Crippen LogP contribution in [0.25, 0.3) is 40.0 Å². The first-order chi connectivity index (χ1) is 17.9. The number of carbonyl (C=O) groups excluding carboxylic acids is 1. The number of nitrogens with one attached hydrogen (secondary N) is 2. The van der Waals surface area contributed by atoms with Crippen LogP contribution in [0.3, 0.4) is 0 Å². The highest BCUT2D eigenvalue weighted by Crippen LogP contribution is 2.34. The Morgan fingerprint density at radius 1 is 0.892 bits per heavy atom. The van der Waals surface area contributed by atoms with E-state index in [1.165, 1.54) is 12.2 Å². The van der Waals surface area contributed by atoms with E-state index in [-0.39, 0.29) is 5.11 Å². The summed E-state index contributed by atoms with van der Waals surface area (Å²) in [6.45, 7) is 0. The number of amides is 1. The molecule has 0 fully saturated rings. The van der Waals surface area contributed by atoms with Crippen molar-refractivity contribution in [2.24, 2.45) is 0 Å². The minimum absolute atomic E-state index is 0.120. The first-order valence-corrected chi connectivity index (χ1v) is 12.4. The maximum absolute atomic E-state index is 12.4. The molecule has 0 saturated heterocycles. The van der Waals surface area contributed by atoms with Crippen LogP contribution in [-0.4, -0.2) is 16.0 Å². The number of furan rings is 1. The molecule has 2 heterocycles. The second kappa shape index (κ2) is 10.8. The predicted molar refractivity (Wildman–Crippen MR) is 152 cm³/mol. The molecule has 6 nitrogen and oxygen atoms in total. The van der Waals surface area contributed by atoms with Crippen molar-refractivity contribution in [3.8, 4) is 22.8 Å². The molecule has 0 unspecified atom stereocenters. The molecule has 5 aromatic rings. The Balaban J connectivity index is 1.22. The topological polar surface area (TPSA) is 80.3 Å². The number of thiocarbonyl (C=S) groups is 1. The number of hydrogen-bond acceptors (Lipinski definition) is 5. The predicted octanol–water partition coefficient (Wildman–Crippen LogP) is 8.24. The number of hydrogen-bond donors (Lipinski definition) is 2. The zero-order chi connectivity index (χ0) is 25.9. The fourth-order valence-corrected chi connectivity index (χ4v) is 4.34. The molecule has 0 saturated carbocycles. The average Bonchev–Trinajstić information content (AvgIpc) is 3.51. The van der Waals surface area contributed by atoms with E-state index < -0.39 is 5.91 Å². The lowest BCUT2D eigenvalue weighted by molar-refractivity contribution is -0.115. The molecule has 184 valence electrons. The number of nitrogens with zero attached hydrogens (tertiary/aromatic N) is 1. The summed E-state index contributed by atoms with van der Waals surface area (Å²) in [7, 11) is 0. The Morgan fingerprint density at radius 2 is 1.68 bits per heavy atom. The van der Waals surface area contributed by atoms with Gasteiger partial charge in [-0.3, -0.25) is 10.1 Å². The van der Waals surface area contributed by atoms with E-state index in [1.807, 2.05) is 18.2 Å². The number of halogens is 3. The van der Waals surface area contributed by atoms with Gasteiger partial charge in [0.2, 0.25) is 11.8 Å². The number of anilines is 1. The van der Waals surface area contributed by atoms with Crippen LogP contribution < -0.4 is 10.6 Å². The van der Waals surface area contributed by atoms with Crippen molar-refractivity contribution in [3.05, 3.63) is 99.7 Å². The van der Waals surface area contributed by atoms with Gasteiger partial charge in [-0.1, -0.05) is 53.0 Å². The summed E-state index contributed by atoms with van der Waals surface area (Å²) in [6, 6.07) is 21.3. The van der Waals surface area contributed by atoms with Gasteiger partial charge in [0.25, 0.3) is 0 Å². The summed E-state index contributed by atoms with van der Waals surface area (Å²) in [6.07, 6.45) is 2.84. The number of aromatic nitrogens is 1. The van der Waals surface area contributed by atoms with Gasteiger partial charge in [-0.15, -0.1) is 0 Å². The molecular weight excluding hydrogens is 553 g/mol. The van der Waals surface area contributed by atoms with Gasteiger partial charge in [0.1, 0.15) is 17.0 Å². The highest BCUT2D eigenvalue weighted by Gasteiger charge is 2.13. The largest absolute Gasteiger partial charge is 0.457 e. The molecule has 2 N–H and O–H groups in total. The zero-order valence-corrected chi connectivity index (χ0v) is 21.9. The van der Waals surface area contributed by atoms with Crippen LogP contribution in [0, 0.1) is 0 Å². The lowest BCUT2D eigenvalue weighted by atomic mass is 10.2. The van der Waals surface area contributed by atoms with Crippen LogP contribution in [0.15, 0.2) is 87.7 Å². The molecule has 3 aromatic carbocycles. The van der Waals surface area contributed by atoms with Crippen LogP contribution in [0.2, 0.25) is 15.1 Å². The average molecular weight is 569 g/mol. The fourth-order valence-electron chi connectivity index (χ4n) is 3.51. The highest BCUT2D eigenvalue weighted by molar-refractivity contribution is 7.80. The number of fused-ring (bicyclic) bond motifs is 1.